The third kappa shape index (κ3) is 1.61. The van der Waals surface area contributed by atoms with Gasteiger partial charge in [-0.2, -0.15) is 0 Å². The zero-order valence-electron chi connectivity index (χ0n) is 7.53. The van der Waals surface area contributed by atoms with Crippen LogP contribution < -0.4 is 4.87 Å². The van der Waals surface area contributed by atoms with Gasteiger partial charge < -0.3 is 4.57 Å². The Bertz CT molecular complexity index is 498. The molecule has 0 aliphatic heterocycles. The van der Waals surface area contributed by atoms with Crippen molar-refractivity contribution in [3.05, 3.63) is 44.3 Å². The van der Waals surface area contributed by atoms with Crippen molar-refractivity contribution in [1.29, 1.82) is 0 Å². The molecular formula is C10H8ClNOS. The van der Waals surface area contributed by atoms with E-state index in [0.717, 1.165) is 11.3 Å². The minimum absolute atomic E-state index is 0.0509. The quantitative estimate of drug-likeness (QED) is 0.732. The van der Waals surface area contributed by atoms with Crippen LogP contribution in [0, 0.1) is 0 Å². The summed E-state index contributed by atoms with van der Waals surface area (Å²) in [5.74, 6) is 0. The van der Waals surface area contributed by atoms with Crippen LogP contribution in [0.2, 0.25) is 5.02 Å². The van der Waals surface area contributed by atoms with E-state index in [2.05, 4.69) is 0 Å². The zero-order valence-corrected chi connectivity index (χ0v) is 9.10. The summed E-state index contributed by atoms with van der Waals surface area (Å²) in [4.78, 5) is 11.3. The van der Waals surface area contributed by atoms with Crippen molar-refractivity contribution in [2.75, 3.05) is 0 Å². The molecule has 0 radical (unpaired) electrons. The lowest BCUT2D eigenvalue weighted by molar-refractivity contribution is 0.906. The topological polar surface area (TPSA) is 22.0 Å². The van der Waals surface area contributed by atoms with E-state index in [9.17, 15) is 4.79 Å². The molecule has 0 amide bonds. The molecule has 1 aromatic carbocycles. The van der Waals surface area contributed by atoms with E-state index in [4.69, 9.17) is 11.6 Å². The molecule has 0 N–H and O–H groups in total. The predicted octanol–water partition coefficient (Wildman–Crippen LogP) is 2.77. The van der Waals surface area contributed by atoms with E-state index in [1.165, 1.54) is 11.3 Å². The van der Waals surface area contributed by atoms with Gasteiger partial charge in [-0.05, 0) is 17.7 Å². The summed E-state index contributed by atoms with van der Waals surface area (Å²) in [6.07, 6.45) is 0. The first kappa shape index (κ1) is 9.49. The largest absolute Gasteiger partial charge is 0.307 e. The van der Waals surface area contributed by atoms with Gasteiger partial charge in [0.05, 0.1) is 5.69 Å². The molecule has 0 saturated carbocycles. The van der Waals surface area contributed by atoms with Crippen LogP contribution in [0.25, 0.3) is 11.3 Å². The Hall–Kier alpha value is -1.06. The molecule has 0 aliphatic rings. The molecule has 0 bridgehead atoms. The minimum Gasteiger partial charge on any atom is -0.302 e. The molecule has 14 heavy (non-hydrogen) atoms. The van der Waals surface area contributed by atoms with Gasteiger partial charge in [0.1, 0.15) is 0 Å². The smallest absolute Gasteiger partial charge is 0.302 e. The highest BCUT2D eigenvalue weighted by molar-refractivity contribution is 7.07. The van der Waals surface area contributed by atoms with Gasteiger partial charge in [-0.1, -0.05) is 35.1 Å². The SMILES string of the molecule is Cn1c(-c2ccc(Cl)cc2)csc1=O. The monoisotopic (exact) mass is 225 g/mol. The van der Waals surface area contributed by atoms with E-state index < -0.39 is 0 Å². The van der Waals surface area contributed by atoms with Crippen LogP contribution in [0.5, 0.6) is 0 Å². The highest BCUT2D eigenvalue weighted by Gasteiger charge is 2.04. The van der Waals surface area contributed by atoms with E-state index in [1.54, 1.807) is 11.6 Å². The fraction of sp³-hybridized carbons (Fsp3) is 0.100. The summed E-state index contributed by atoms with van der Waals surface area (Å²) in [5, 5.41) is 2.56. The van der Waals surface area contributed by atoms with E-state index >= 15 is 0 Å². The van der Waals surface area contributed by atoms with Gasteiger partial charge in [-0.3, -0.25) is 4.79 Å². The second kappa shape index (κ2) is 3.59. The maximum absolute atomic E-state index is 11.2. The molecule has 0 atom stereocenters. The van der Waals surface area contributed by atoms with Gasteiger partial charge in [-0.25, -0.2) is 0 Å². The highest BCUT2D eigenvalue weighted by atomic mass is 35.5. The van der Waals surface area contributed by atoms with Crippen molar-refractivity contribution in [3.8, 4) is 11.3 Å². The van der Waals surface area contributed by atoms with Crippen LogP contribution in [-0.2, 0) is 7.05 Å². The number of benzene rings is 1. The third-order valence-electron chi connectivity index (χ3n) is 2.05. The fourth-order valence-electron chi connectivity index (χ4n) is 1.25. The Morgan fingerprint density at radius 2 is 1.93 bits per heavy atom. The van der Waals surface area contributed by atoms with Crippen molar-refractivity contribution >= 4 is 22.9 Å². The number of rotatable bonds is 1. The van der Waals surface area contributed by atoms with Gasteiger partial charge in [0.2, 0.25) is 0 Å². The summed E-state index contributed by atoms with van der Waals surface area (Å²) in [6, 6.07) is 7.45. The lowest BCUT2D eigenvalue weighted by Gasteiger charge is -2.01. The average Bonchev–Trinajstić information content (AvgIpc) is 2.50. The second-order valence-corrected chi connectivity index (χ2v) is 4.21. The number of thiazole rings is 1. The normalized spacial score (nSPS) is 10.4. The summed E-state index contributed by atoms with van der Waals surface area (Å²) in [5.41, 5.74) is 1.94. The first-order chi connectivity index (χ1) is 6.68. The first-order valence-corrected chi connectivity index (χ1v) is 5.35. The summed E-state index contributed by atoms with van der Waals surface area (Å²) in [6.45, 7) is 0. The first-order valence-electron chi connectivity index (χ1n) is 4.09. The van der Waals surface area contributed by atoms with E-state index in [1.807, 2.05) is 29.6 Å². The Balaban J connectivity index is 2.55. The third-order valence-corrected chi connectivity index (χ3v) is 3.12. The molecule has 0 unspecified atom stereocenters. The molecule has 1 heterocycles. The standard InChI is InChI=1S/C10H8ClNOS/c1-12-9(6-14-10(12)13)7-2-4-8(11)5-3-7/h2-6H,1H3. The Labute approximate surface area is 90.4 Å². The minimum atomic E-state index is 0.0509. The lowest BCUT2D eigenvalue weighted by atomic mass is 10.2. The van der Waals surface area contributed by atoms with Crippen LogP contribution in [0.4, 0.5) is 0 Å². The van der Waals surface area contributed by atoms with Crippen LogP contribution in [0.15, 0.2) is 34.4 Å². The second-order valence-electron chi connectivity index (χ2n) is 2.95. The molecule has 2 aromatic rings. The van der Waals surface area contributed by atoms with Crippen molar-refractivity contribution in [2.24, 2.45) is 7.05 Å². The average molecular weight is 226 g/mol. The summed E-state index contributed by atoms with van der Waals surface area (Å²) in [7, 11) is 1.77. The summed E-state index contributed by atoms with van der Waals surface area (Å²) >= 11 is 6.98. The van der Waals surface area contributed by atoms with Crippen molar-refractivity contribution in [2.45, 2.75) is 0 Å². The molecule has 0 fully saturated rings. The van der Waals surface area contributed by atoms with Crippen LogP contribution in [0.1, 0.15) is 0 Å². The van der Waals surface area contributed by atoms with Crippen LogP contribution in [0.3, 0.4) is 0 Å². The molecule has 2 nitrogen and oxygen atoms in total. The predicted molar refractivity (Wildman–Crippen MR) is 60.0 cm³/mol. The molecule has 4 heteroatoms. The van der Waals surface area contributed by atoms with Crippen LogP contribution >= 0.6 is 22.9 Å². The Kier molecular flexibility index (Phi) is 2.44. The summed E-state index contributed by atoms with van der Waals surface area (Å²) < 4.78 is 1.63. The number of halogens is 1. The van der Waals surface area contributed by atoms with E-state index in [0.29, 0.717) is 5.02 Å². The zero-order chi connectivity index (χ0) is 10.1. The molecule has 72 valence electrons. The van der Waals surface area contributed by atoms with Crippen molar-refractivity contribution in [3.63, 3.8) is 0 Å². The van der Waals surface area contributed by atoms with Crippen molar-refractivity contribution < 1.29 is 0 Å². The Morgan fingerprint density at radius 1 is 1.29 bits per heavy atom. The Morgan fingerprint density at radius 3 is 2.43 bits per heavy atom. The van der Waals surface area contributed by atoms with E-state index in [-0.39, 0.29) is 4.87 Å². The van der Waals surface area contributed by atoms with Gasteiger partial charge in [0.15, 0.2) is 0 Å². The van der Waals surface area contributed by atoms with Crippen LogP contribution in [-0.4, -0.2) is 4.57 Å². The maximum atomic E-state index is 11.2. The molecule has 0 saturated heterocycles. The highest BCUT2D eigenvalue weighted by Crippen LogP contribution is 2.21. The lowest BCUT2D eigenvalue weighted by Crippen LogP contribution is -2.08. The molecule has 0 spiro atoms. The van der Waals surface area contributed by atoms with Crippen molar-refractivity contribution in [1.82, 2.24) is 4.57 Å². The molecule has 1 aromatic heterocycles. The number of nitrogens with zero attached hydrogens (tertiary/aromatic N) is 1. The van der Waals surface area contributed by atoms with Gasteiger partial charge in [0, 0.05) is 17.5 Å². The van der Waals surface area contributed by atoms with Gasteiger partial charge >= 0.3 is 4.87 Å². The molecular weight excluding hydrogens is 218 g/mol. The van der Waals surface area contributed by atoms with Gasteiger partial charge in [0.25, 0.3) is 0 Å². The fourth-order valence-corrected chi connectivity index (χ4v) is 2.13. The van der Waals surface area contributed by atoms with Gasteiger partial charge in [-0.15, -0.1) is 0 Å². The number of aromatic nitrogens is 1. The molecule has 2 rings (SSSR count). The molecule has 0 aliphatic carbocycles. The maximum Gasteiger partial charge on any atom is 0.307 e. The number of hydrogen-bond donors (Lipinski definition) is 0. The number of hydrogen-bond acceptors (Lipinski definition) is 2.